The number of ether oxygens (including phenoxy) is 1. The summed E-state index contributed by atoms with van der Waals surface area (Å²) in [6.45, 7) is 2.96. The average molecular weight is 246 g/mol. The Labute approximate surface area is 110 Å². The molecule has 0 N–H and O–H groups in total. The summed E-state index contributed by atoms with van der Waals surface area (Å²) in [6.07, 6.45) is 10.5. The van der Waals surface area contributed by atoms with Gasteiger partial charge in [0.2, 0.25) is 0 Å². The maximum atomic E-state index is 8.71. The van der Waals surface area contributed by atoms with E-state index in [1.165, 1.54) is 38.5 Å². The highest BCUT2D eigenvalue weighted by molar-refractivity contribution is 5.29. The number of hydrogen-bond acceptors (Lipinski definition) is 3. The number of pyridine rings is 1. The Morgan fingerprint density at radius 1 is 1.17 bits per heavy atom. The number of aromatic nitrogens is 1. The molecule has 98 valence electrons. The topological polar surface area (TPSA) is 45.9 Å². The predicted octanol–water partition coefficient (Wildman–Crippen LogP) is 4.08. The molecule has 0 radical (unpaired) electrons. The molecule has 0 aliphatic carbocycles. The summed E-state index contributed by atoms with van der Waals surface area (Å²) in [6, 6.07) is 5.48. The zero-order valence-corrected chi connectivity index (χ0v) is 11.2. The van der Waals surface area contributed by atoms with E-state index in [0.29, 0.717) is 5.69 Å². The third-order valence-corrected chi connectivity index (χ3v) is 2.86. The van der Waals surface area contributed by atoms with Gasteiger partial charge in [0.25, 0.3) is 0 Å². The van der Waals surface area contributed by atoms with Crippen LogP contribution in [0.4, 0.5) is 0 Å². The molecule has 0 amide bonds. The van der Waals surface area contributed by atoms with Crippen LogP contribution in [0.3, 0.4) is 0 Å². The zero-order valence-electron chi connectivity index (χ0n) is 11.2. The fourth-order valence-electron chi connectivity index (χ4n) is 1.81. The third-order valence-electron chi connectivity index (χ3n) is 2.86. The van der Waals surface area contributed by atoms with Crippen molar-refractivity contribution < 1.29 is 4.74 Å². The monoisotopic (exact) mass is 246 g/mol. The number of hydrogen-bond donors (Lipinski definition) is 0. The Morgan fingerprint density at radius 3 is 2.61 bits per heavy atom. The highest BCUT2D eigenvalue weighted by atomic mass is 16.5. The standard InChI is InChI=1S/C15H22N2O/c1-2-3-4-5-6-7-8-11-18-15-9-10-17-14(12-15)13-16/h9-10,12H,2-8,11H2,1H3. The second kappa shape index (κ2) is 9.47. The van der Waals surface area contributed by atoms with Crippen molar-refractivity contribution in [2.45, 2.75) is 51.9 Å². The Bertz CT molecular complexity index is 371. The van der Waals surface area contributed by atoms with E-state index in [4.69, 9.17) is 10.00 Å². The molecule has 0 aliphatic heterocycles. The van der Waals surface area contributed by atoms with Crippen LogP contribution in [0.15, 0.2) is 18.3 Å². The van der Waals surface area contributed by atoms with E-state index in [2.05, 4.69) is 11.9 Å². The number of nitrogens with zero attached hydrogens (tertiary/aromatic N) is 2. The van der Waals surface area contributed by atoms with E-state index >= 15 is 0 Å². The summed E-state index contributed by atoms with van der Waals surface area (Å²) >= 11 is 0. The molecule has 0 aromatic carbocycles. The van der Waals surface area contributed by atoms with Crippen molar-refractivity contribution >= 4 is 0 Å². The lowest BCUT2D eigenvalue weighted by atomic mass is 10.1. The Balaban J connectivity index is 2.05. The van der Waals surface area contributed by atoms with Crippen molar-refractivity contribution in [1.82, 2.24) is 4.98 Å². The minimum absolute atomic E-state index is 0.409. The van der Waals surface area contributed by atoms with Crippen LogP contribution in [0.1, 0.15) is 57.6 Å². The molecule has 0 saturated heterocycles. The molecule has 1 aromatic heterocycles. The molecule has 3 nitrogen and oxygen atoms in total. The van der Waals surface area contributed by atoms with Gasteiger partial charge in [-0.2, -0.15) is 5.26 Å². The maximum absolute atomic E-state index is 8.71. The van der Waals surface area contributed by atoms with Gasteiger partial charge in [0.1, 0.15) is 17.5 Å². The first-order valence-corrected chi connectivity index (χ1v) is 6.85. The van der Waals surface area contributed by atoms with Crippen LogP contribution < -0.4 is 4.74 Å². The van der Waals surface area contributed by atoms with E-state index in [1.54, 1.807) is 18.3 Å². The van der Waals surface area contributed by atoms with Crippen molar-refractivity contribution in [1.29, 1.82) is 5.26 Å². The van der Waals surface area contributed by atoms with Crippen LogP contribution in [0, 0.1) is 11.3 Å². The second-order valence-electron chi connectivity index (χ2n) is 4.46. The molecule has 1 rings (SSSR count). The van der Waals surface area contributed by atoms with E-state index in [1.807, 2.05) is 6.07 Å². The molecule has 0 unspecified atom stereocenters. The zero-order chi connectivity index (χ0) is 13.1. The minimum atomic E-state index is 0.409. The van der Waals surface area contributed by atoms with Crippen molar-refractivity contribution in [2.75, 3.05) is 6.61 Å². The predicted molar refractivity (Wildman–Crippen MR) is 72.4 cm³/mol. The molecular weight excluding hydrogens is 224 g/mol. The highest BCUT2D eigenvalue weighted by Crippen LogP contribution is 2.12. The first-order valence-electron chi connectivity index (χ1n) is 6.85. The summed E-state index contributed by atoms with van der Waals surface area (Å²) in [7, 11) is 0. The molecule has 0 saturated carbocycles. The normalized spacial score (nSPS) is 10.0. The lowest BCUT2D eigenvalue weighted by Gasteiger charge is -2.05. The van der Waals surface area contributed by atoms with Crippen LogP contribution in [0.5, 0.6) is 5.75 Å². The second-order valence-corrected chi connectivity index (χ2v) is 4.46. The minimum Gasteiger partial charge on any atom is -0.493 e. The molecule has 3 heteroatoms. The average Bonchev–Trinajstić information content (AvgIpc) is 2.42. The number of nitriles is 1. The van der Waals surface area contributed by atoms with Gasteiger partial charge in [-0.3, -0.25) is 0 Å². The van der Waals surface area contributed by atoms with Gasteiger partial charge in [-0.05, 0) is 12.5 Å². The van der Waals surface area contributed by atoms with Crippen LogP contribution >= 0.6 is 0 Å². The Kier molecular flexibility index (Phi) is 7.63. The van der Waals surface area contributed by atoms with E-state index in [-0.39, 0.29) is 0 Å². The SMILES string of the molecule is CCCCCCCCCOc1ccnc(C#N)c1. The largest absolute Gasteiger partial charge is 0.493 e. The molecular formula is C15H22N2O. The Morgan fingerprint density at radius 2 is 1.89 bits per heavy atom. The van der Waals surface area contributed by atoms with Crippen LogP contribution in [-0.2, 0) is 0 Å². The van der Waals surface area contributed by atoms with Crippen molar-refractivity contribution in [3.05, 3.63) is 24.0 Å². The van der Waals surface area contributed by atoms with Gasteiger partial charge in [0.05, 0.1) is 6.61 Å². The highest BCUT2D eigenvalue weighted by Gasteiger charge is 1.97. The molecule has 0 spiro atoms. The first kappa shape index (κ1) is 14.5. The van der Waals surface area contributed by atoms with Crippen LogP contribution in [0.25, 0.3) is 0 Å². The summed E-state index contributed by atoms with van der Waals surface area (Å²) in [5.41, 5.74) is 0.409. The fraction of sp³-hybridized carbons (Fsp3) is 0.600. The van der Waals surface area contributed by atoms with E-state index < -0.39 is 0 Å². The summed E-state index contributed by atoms with van der Waals surface area (Å²) in [5, 5.41) is 8.71. The smallest absolute Gasteiger partial charge is 0.144 e. The van der Waals surface area contributed by atoms with Gasteiger partial charge in [0.15, 0.2) is 0 Å². The van der Waals surface area contributed by atoms with Crippen LogP contribution in [-0.4, -0.2) is 11.6 Å². The van der Waals surface area contributed by atoms with Gasteiger partial charge >= 0.3 is 0 Å². The molecule has 1 aromatic rings. The number of rotatable bonds is 9. The van der Waals surface area contributed by atoms with Gasteiger partial charge < -0.3 is 4.74 Å². The lowest BCUT2D eigenvalue weighted by molar-refractivity contribution is 0.304. The maximum Gasteiger partial charge on any atom is 0.144 e. The Hall–Kier alpha value is -1.56. The number of unbranched alkanes of at least 4 members (excludes halogenated alkanes) is 6. The van der Waals surface area contributed by atoms with Gasteiger partial charge in [-0.15, -0.1) is 0 Å². The molecule has 1 heterocycles. The van der Waals surface area contributed by atoms with Crippen LogP contribution in [0.2, 0.25) is 0 Å². The molecule has 0 aliphatic rings. The summed E-state index contributed by atoms with van der Waals surface area (Å²) in [5.74, 6) is 0.743. The van der Waals surface area contributed by atoms with Crippen molar-refractivity contribution in [3.63, 3.8) is 0 Å². The fourth-order valence-corrected chi connectivity index (χ4v) is 1.81. The van der Waals surface area contributed by atoms with Crippen molar-refractivity contribution in [2.24, 2.45) is 0 Å². The van der Waals surface area contributed by atoms with E-state index in [9.17, 15) is 0 Å². The van der Waals surface area contributed by atoms with E-state index in [0.717, 1.165) is 18.8 Å². The molecule has 0 atom stereocenters. The van der Waals surface area contributed by atoms with Gasteiger partial charge in [0, 0.05) is 12.3 Å². The molecule has 0 fully saturated rings. The summed E-state index contributed by atoms with van der Waals surface area (Å²) < 4.78 is 5.59. The molecule has 18 heavy (non-hydrogen) atoms. The van der Waals surface area contributed by atoms with Gasteiger partial charge in [-0.25, -0.2) is 4.98 Å². The lowest BCUT2D eigenvalue weighted by Crippen LogP contribution is -1.98. The third kappa shape index (κ3) is 6.24. The first-order chi connectivity index (χ1) is 8.86. The van der Waals surface area contributed by atoms with Gasteiger partial charge in [-0.1, -0.05) is 45.4 Å². The van der Waals surface area contributed by atoms with Crippen molar-refractivity contribution in [3.8, 4) is 11.8 Å². The molecule has 0 bridgehead atoms. The quantitative estimate of drug-likeness (QED) is 0.617. The summed E-state index contributed by atoms with van der Waals surface area (Å²) in [4.78, 5) is 3.90.